The number of nitrogen functional groups attached to an aromatic ring is 1. The van der Waals surface area contributed by atoms with Crippen LogP contribution in [0.3, 0.4) is 0 Å². The van der Waals surface area contributed by atoms with Gasteiger partial charge in [-0.3, -0.25) is 0 Å². The summed E-state index contributed by atoms with van der Waals surface area (Å²) in [5, 5.41) is 0.899. The second-order valence-electron chi connectivity index (χ2n) is 3.87. The Hall–Kier alpha value is -0.600. The van der Waals surface area contributed by atoms with E-state index < -0.39 is 0 Å². The molecular weight excluding hydrogens is 233 g/mol. The number of ether oxygens (including phenoxy) is 1. The van der Waals surface area contributed by atoms with Gasteiger partial charge in [-0.15, -0.1) is 0 Å². The molecule has 0 fully saturated rings. The number of rotatable bonds is 3. The van der Waals surface area contributed by atoms with Crippen LogP contribution in [0.4, 0.5) is 5.69 Å². The fraction of sp³-hybridized carbons (Fsp3) is 0.455. The summed E-state index contributed by atoms with van der Waals surface area (Å²) in [5.41, 5.74) is 6.28. The highest BCUT2D eigenvalue weighted by atomic mass is 35.5. The van der Waals surface area contributed by atoms with E-state index in [2.05, 4.69) is 13.8 Å². The lowest BCUT2D eigenvalue weighted by atomic mass is 10.1. The second kappa shape index (κ2) is 4.95. The highest BCUT2D eigenvalue weighted by Gasteiger charge is 2.12. The van der Waals surface area contributed by atoms with Crippen molar-refractivity contribution in [2.75, 3.05) is 5.73 Å². The summed E-state index contributed by atoms with van der Waals surface area (Å²) in [4.78, 5) is 0. The maximum absolute atomic E-state index is 5.88. The minimum atomic E-state index is 0.0875. The first-order chi connectivity index (χ1) is 6.91. The number of nitrogens with two attached hydrogens (primary N) is 1. The van der Waals surface area contributed by atoms with Crippen LogP contribution in [-0.2, 0) is 0 Å². The summed E-state index contributed by atoms with van der Waals surface area (Å²) in [6, 6.07) is 3.25. The predicted molar refractivity (Wildman–Crippen MR) is 65.8 cm³/mol. The van der Waals surface area contributed by atoms with Gasteiger partial charge >= 0.3 is 0 Å². The molecule has 2 nitrogen and oxygen atoms in total. The molecule has 0 heterocycles. The van der Waals surface area contributed by atoms with Crippen molar-refractivity contribution in [2.45, 2.75) is 26.9 Å². The Morgan fingerprint density at radius 1 is 1.13 bits per heavy atom. The Balaban J connectivity index is 2.91. The average molecular weight is 248 g/mol. The SMILES string of the molecule is CC(C)C(C)Oc1cc(Cl)c(Cl)cc1N. The van der Waals surface area contributed by atoms with Crippen LogP contribution >= 0.6 is 23.2 Å². The Kier molecular flexibility index (Phi) is 4.12. The Bertz CT molecular complexity index is 353. The molecule has 0 aliphatic heterocycles. The molecule has 15 heavy (non-hydrogen) atoms. The number of hydrogen-bond acceptors (Lipinski definition) is 2. The van der Waals surface area contributed by atoms with Crippen molar-refractivity contribution < 1.29 is 4.74 Å². The maximum atomic E-state index is 5.88. The van der Waals surface area contributed by atoms with E-state index in [9.17, 15) is 0 Å². The lowest BCUT2D eigenvalue weighted by Crippen LogP contribution is -2.19. The first kappa shape index (κ1) is 12.5. The van der Waals surface area contributed by atoms with Gasteiger partial charge in [-0.05, 0) is 18.9 Å². The van der Waals surface area contributed by atoms with E-state index in [1.165, 1.54) is 0 Å². The van der Waals surface area contributed by atoms with Crippen LogP contribution in [0.5, 0.6) is 5.75 Å². The van der Waals surface area contributed by atoms with Crippen LogP contribution in [0, 0.1) is 5.92 Å². The zero-order valence-corrected chi connectivity index (χ0v) is 10.6. The molecule has 84 valence electrons. The molecular formula is C11H15Cl2NO. The minimum absolute atomic E-state index is 0.0875. The molecule has 1 rings (SSSR count). The van der Waals surface area contributed by atoms with Gasteiger partial charge in [-0.2, -0.15) is 0 Å². The van der Waals surface area contributed by atoms with E-state index in [-0.39, 0.29) is 6.10 Å². The van der Waals surface area contributed by atoms with Crippen molar-refractivity contribution in [3.05, 3.63) is 22.2 Å². The molecule has 0 saturated heterocycles. The van der Waals surface area contributed by atoms with Crippen molar-refractivity contribution in [1.29, 1.82) is 0 Å². The number of halogens is 2. The predicted octanol–water partition coefficient (Wildman–Crippen LogP) is 4.00. The molecule has 0 saturated carbocycles. The van der Waals surface area contributed by atoms with Gasteiger partial charge in [0.2, 0.25) is 0 Å². The fourth-order valence-electron chi connectivity index (χ4n) is 0.982. The molecule has 0 spiro atoms. The molecule has 1 unspecified atom stereocenters. The first-order valence-corrected chi connectivity index (χ1v) is 5.58. The molecule has 0 bridgehead atoms. The van der Waals surface area contributed by atoms with Gasteiger partial charge in [-0.1, -0.05) is 37.0 Å². The molecule has 1 atom stereocenters. The summed E-state index contributed by atoms with van der Waals surface area (Å²) in [5.74, 6) is 1.00. The third kappa shape index (κ3) is 3.18. The summed E-state index contributed by atoms with van der Waals surface area (Å²) in [7, 11) is 0. The molecule has 1 aromatic carbocycles. The van der Waals surface area contributed by atoms with Crippen molar-refractivity contribution in [3.63, 3.8) is 0 Å². The zero-order valence-electron chi connectivity index (χ0n) is 9.05. The first-order valence-electron chi connectivity index (χ1n) is 4.83. The largest absolute Gasteiger partial charge is 0.488 e. The third-order valence-corrected chi connectivity index (χ3v) is 3.03. The lowest BCUT2D eigenvalue weighted by molar-refractivity contribution is 0.171. The number of benzene rings is 1. The van der Waals surface area contributed by atoms with E-state index in [4.69, 9.17) is 33.7 Å². The standard InChI is InChI=1S/C11H15Cl2NO/c1-6(2)7(3)15-11-5-9(13)8(12)4-10(11)14/h4-7H,14H2,1-3H3. The quantitative estimate of drug-likeness (QED) is 0.820. The monoisotopic (exact) mass is 247 g/mol. The number of hydrogen-bond donors (Lipinski definition) is 1. The van der Waals surface area contributed by atoms with Crippen molar-refractivity contribution in [2.24, 2.45) is 5.92 Å². The van der Waals surface area contributed by atoms with Gasteiger partial charge in [-0.25, -0.2) is 0 Å². The average Bonchev–Trinajstić information content (AvgIpc) is 2.13. The molecule has 0 radical (unpaired) electrons. The van der Waals surface area contributed by atoms with Gasteiger partial charge in [0.25, 0.3) is 0 Å². The van der Waals surface area contributed by atoms with Crippen molar-refractivity contribution >= 4 is 28.9 Å². The van der Waals surface area contributed by atoms with Gasteiger partial charge in [0.05, 0.1) is 21.8 Å². The Morgan fingerprint density at radius 3 is 2.20 bits per heavy atom. The molecule has 0 aliphatic carbocycles. The van der Waals surface area contributed by atoms with Crippen LogP contribution in [0.25, 0.3) is 0 Å². The van der Waals surface area contributed by atoms with Crippen LogP contribution in [0.15, 0.2) is 12.1 Å². The van der Waals surface area contributed by atoms with Gasteiger partial charge < -0.3 is 10.5 Å². The smallest absolute Gasteiger partial charge is 0.144 e. The normalized spacial score (nSPS) is 12.9. The summed E-state index contributed by atoms with van der Waals surface area (Å²) < 4.78 is 5.67. The van der Waals surface area contributed by atoms with Gasteiger partial charge in [0.15, 0.2) is 0 Å². The fourth-order valence-corrected chi connectivity index (χ4v) is 1.31. The minimum Gasteiger partial charge on any atom is -0.488 e. The van der Waals surface area contributed by atoms with E-state index in [1.54, 1.807) is 12.1 Å². The number of anilines is 1. The van der Waals surface area contributed by atoms with Gasteiger partial charge in [0, 0.05) is 6.07 Å². The van der Waals surface area contributed by atoms with E-state index in [0.29, 0.717) is 27.4 Å². The molecule has 0 amide bonds. The Morgan fingerprint density at radius 2 is 1.67 bits per heavy atom. The third-order valence-electron chi connectivity index (χ3n) is 2.30. The van der Waals surface area contributed by atoms with Crippen LogP contribution in [0.2, 0.25) is 10.0 Å². The van der Waals surface area contributed by atoms with Crippen molar-refractivity contribution in [3.8, 4) is 5.75 Å². The molecule has 4 heteroatoms. The summed E-state index contributed by atoms with van der Waals surface area (Å²) >= 11 is 11.7. The molecule has 0 aromatic heterocycles. The highest BCUT2D eigenvalue weighted by molar-refractivity contribution is 6.42. The van der Waals surface area contributed by atoms with E-state index in [0.717, 1.165) is 0 Å². The second-order valence-corrected chi connectivity index (χ2v) is 4.69. The highest BCUT2D eigenvalue weighted by Crippen LogP contribution is 2.33. The zero-order chi connectivity index (χ0) is 11.6. The van der Waals surface area contributed by atoms with Crippen LogP contribution in [-0.4, -0.2) is 6.10 Å². The van der Waals surface area contributed by atoms with E-state index in [1.807, 2.05) is 6.92 Å². The van der Waals surface area contributed by atoms with Crippen LogP contribution in [0.1, 0.15) is 20.8 Å². The maximum Gasteiger partial charge on any atom is 0.144 e. The topological polar surface area (TPSA) is 35.2 Å². The summed E-state index contributed by atoms with van der Waals surface area (Å²) in [6.45, 7) is 6.16. The van der Waals surface area contributed by atoms with Gasteiger partial charge in [0.1, 0.15) is 5.75 Å². The molecule has 1 aromatic rings. The summed E-state index contributed by atoms with van der Waals surface area (Å²) in [6.07, 6.45) is 0.0875. The van der Waals surface area contributed by atoms with E-state index >= 15 is 0 Å². The van der Waals surface area contributed by atoms with Crippen molar-refractivity contribution in [1.82, 2.24) is 0 Å². The Labute approximate surface area is 100 Å². The molecule has 2 N–H and O–H groups in total. The molecule has 0 aliphatic rings. The van der Waals surface area contributed by atoms with Crippen LogP contribution < -0.4 is 10.5 Å². The lowest BCUT2D eigenvalue weighted by Gasteiger charge is -2.19.